The van der Waals surface area contributed by atoms with Crippen LogP contribution < -0.4 is 13.1 Å². The number of rotatable bonds is 4. The molecule has 0 atom stereocenters. The third-order valence-corrected chi connectivity index (χ3v) is 4.55. The predicted octanol–water partition coefficient (Wildman–Crippen LogP) is 4.20. The molecular formula is C17H18ClN3O2SZn. The molecule has 25 heavy (non-hydrogen) atoms. The van der Waals surface area contributed by atoms with Crippen LogP contribution in [-0.2, 0) is 22.9 Å². The van der Waals surface area contributed by atoms with Crippen LogP contribution >= 0.6 is 24.2 Å². The first-order valence-corrected chi connectivity index (χ1v) is 9.65. The molecule has 3 rings (SSSR count). The number of amides is 1. The van der Waals surface area contributed by atoms with Gasteiger partial charge in [0, 0.05) is 23.5 Å². The van der Waals surface area contributed by atoms with E-state index in [2.05, 4.69) is 15.6 Å². The van der Waals surface area contributed by atoms with Crippen molar-refractivity contribution in [2.24, 2.45) is 0 Å². The molecule has 1 aliphatic rings. The van der Waals surface area contributed by atoms with E-state index in [0.29, 0.717) is 24.5 Å². The maximum absolute atomic E-state index is 11.9. The quantitative estimate of drug-likeness (QED) is 0.416. The minimum absolute atomic E-state index is 0. The average Bonchev–Trinajstić information content (AvgIpc) is 3.02. The number of hydrogen-bond donors (Lipinski definition) is 0. The summed E-state index contributed by atoms with van der Waals surface area (Å²) in [6.07, 6.45) is 1.58. The molecule has 1 heterocycles. The summed E-state index contributed by atoms with van der Waals surface area (Å²) in [5.41, 5.74) is 8.21. The van der Waals surface area contributed by atoms with Gasteiger partial charge in [0.05, 0.1) is 12.0 Å². The Bertz CT molecular complexity index is 740. The molecular weight excluding hydrogens is 411 g/mol. The summed E-state index contributed by atoms with van der Waals surface area (Å²) in [7, 11) is 1.67. The zero-order chi connectivity index (χ0) is 17.4. The van der Waals surface area contributed by atoms with Gasteiger partial charge in [0.1, 0.15) is 5.75 Å². The SMILES string of the molecule is COc1ccc(N2CCCC2=O)cc1Sc1ccccc1.Cl.[N-]=[N+]=[Zn]. The molecule has 1 fully saturated rings. The van der Waals surface area contributed by atoms with Crippen LogP contribution in [0.1, 0.15) is 12.8 Å². The van der Waals surface area contributed by atoms with Crippen molar-refractivity contribution in [2.45, 2.75) is 22.6 Å². The first kappa shape index (κ1) is 21.5. The van der Waals surface area contributed by atoms with Crippen LogP contribution in [0.3, 0.4) is 0 Å². The first-order valence-electron chi connectivity index (χ1n) is 7.51. The molecule has 0 spiro atoms. The van der Waals surface area contributed by atoms with Crippen LogP contribution in [0.15, 0.2) is 58.3 Å². The summed E-state index contributed by atoms with van der Waals surface area (Å²) in [6, 6.07) is 16.1. The van der Waals surface area contributed by atoms with E-state index in [1.807, 2.05) is 41.3 Å². The second-order valence-corrected chi connectivity index (χ2v) is 6.75. The topological polar surface area (TPSA) is 65.9 Å². The number of benzene rings is 2. The molecule has 0 aliphatic carbocycles. The second kappa shape index (κ2) is 11.2. The Hall–Kier alpha value is -1.52. The Kier molecular flexibility index (Phi) is 9.62. The van der Waals surface area contributed by atoms with Crippen molar-refractivity contribution in [1.82, 2.24) is 3.48 Å². The molecule has 1 aliphatic heterocycles. The number of anilines is 1. The average molecular weight is 429 g/mol. The van der Waals surface area contributed by atoms with Crippen molar-refractivity contribution in [3.05, 3.63) is 54.1 Å². The summed E-state index contributed by atoms with van der Waals surface area (Å²) in [5, 5.41) is 0. The summed E-state index contributed by atoms with van der Waals surface area (Å²) < 4.78 is 8.06. The molecule has 0 bridgehead atoms. The van der Waals surface area contributed by atoms with Gasteiger partial charge < -0.3 is 9.64 Å². The second-order valence-electron chi connectivity index (χ2n) is 5.04. The van der Waals surface area contributed by atoms with Crippen LogP contribution in [0.2, 0.25) is 0 Å². The maximum atomic E-state index is 11.9. The van der Waals surface area contributed by atoms with Crippen LogP contribution in [0, 0.1) is 0 Å². The van der Waals surface area contributed by atoms with E-state index in [4.69, 9.17) is 10.3 Å². The van der Waals surface area contributed by atoms with Crippen LogP contribution in [-0.4, -0.2) is 19.6 Å². The van der Waals surface area contributed by atoms with Gasteiger partial charge in [-0.05, 0) is 36.8 Å². The predicted molar refractivity (Wildman–Crippen MR) is 97.9 cm³/mol. The molecule has 2 aromatic carbocycles. The number of carbonyl (C=O) groups is 1. The van der Waals surface area contributed by atoms with Crippen LogP contribution in [0.5, 0.6) is 5.75 Å². The zero-order valence-electron chi connectivity index (χ0n) is 13.9. The van der Waals surface area contributed by atoms with E-state index in [-0.39, 0.29) is 18.3 Å². The molecule has 0 radical (unpaired) electrons. The van der Waals surface area contributed by atoms with E-state index in [1.54, 1.807) is 18.9 Å². The van der Waals surface area contributed by atoms with E-state index in [1.165, 1.54) is 0 Å². The molecule has 0 saturated carbocycles. The van der Waals surface area contributed by atoms with Gasteiger partial charge in [0.2, 0.25) is 5.91 Å². The number of nitrogens with zero attached hydrogens (tertiary/aromatic N) is 3. The molecule has 5 nitrogen and oxygen atoms in total. The standard InChI is InChI=1S/C17H17NO2S.ClH.N2.Zn/c1-20-15-10-9-13(18-11-5-8-17(18)19)12-16(15)21-14-6-3-2-4-7-14;;1-2;/h2-4,6-7,9-10,12H,5,8,11H2,1H3;1H;;. The first-order chi connectivity index (χ1) is 11.7. The van der Waals surface area contributed by atoms with Crippen molar-refractivity contribution in [3.63, 3.8) is 0 Å². The van der Waals surface area contributed by atoms with Gasteiger partial charge >= 0.3 is 27.1 Å². The summed E-state index contributed by atoms with van der Waals surface area (Å²) in [6.45, 7) is 0.806. The van der Waals surface area contributed by atoms with E-state index < -0.39 is 0 Å². The van der Waals surface area contributed by atoms with Gasteiger partial charge in [-0.15, -0.1) is 12.4 Å². The Balaban J connectivity index is 0.000000730. The summed E-state index contributed by atoms with van der Waals surface area (Å²) >= 11 is 2.28. The van der Waals surface area contributed by atoms with Gasteiger partial charge in [-0.25, -0.2) is 0 Å². The van der Waals surface area contributed by atoms with Gasteiger partial charge in [0.15, 0.2) is 0 Å². The van der Waals surface area contributed by atoms with Crippen LogP contribution in [0.25, 0.3) is 5.53 Å². The van der Waals surface area contributed by atoms with E-state index >= 15 is 0 Å². The van der Waals surface area contributed by atoms with Crippen molar-refractivity contribution >= 4 is 35.8 Å². The van der Waals surface area contributed by atoms with E-state index in [9.17, 15) is 4.79 Å². The molecule has 1 amide bonds. The fourth-order valence-electron chi connectivity index (χ4n) is 2.45. The van der Waals surface area contributed by atoms with Crippen molar-refractivity contribution in [1.29, 1.82) is 0 Å². The normalized spacial score (nSPS) is 12.6. The van der Waals surface area contributed by atoms with Gasteiger partial charge in [-0.1, -0.05) is 30.0 Å². The third kappa shape index (κ3) is 6.05. The molecule has 0 unspecified atom stereocenters. The molecule has 1 saturated heterocycles. The van der Waals surface area contributed by atoms with Crippen molar-refractivity contribution in [2.75, 3.05) is 18.6 Å². The Morgan fingerprint density at radius 1 is 1.24 bits per heavy atom. The molecule has 128 valence electrons. The van der Waals surface area contributed by atoms with Crippen molar-refractivity contribution in [3.8, 4) is 5.75 Å². The van der Waals surface area contributed by atoms with Crippen molar-refractivity contribution < 1.29 is 27.6 Å². The number of halogens is 1. The molecule has 0 N–H and O–H groups in total. The monoisotopic (exact) mass is 427 g/mol. The zero-order valence-corrected chi connectivity index (χ0v) is 18.5. The number of hydrogen-bond acceptors (Lipinski definition) is 3. The van der Waals surface area contributed by atoms with Gasteiger partial charge in [0.25, 0.3) is 0 Å². The fourth-order valence-corrected chi connectivity index (χ4v) is 3.43. The molecule has 8 heteroatoms. The Morgan fingerprint density at radius 3 is 2.48 bits per heavy atom. The fraction of sp³-hybridized carbons (Fsp3) is 0.235. The number of ether oxygens (including phenoxy) is 1. The molecule has 0 aromatic heterocycles. The number of methoxy groups -OCH3 is 1. The summed E-state index contributed by atoms with van der Waals surface area (Å²) in [4.78, 5) is 15.9. The van der Waals surface area contributed by atoms with E-state index in [0.717, 1.165) is 34.2 Å². The third-order valence-electron chi connectivity index (χ3n) is 3.50. The van der Waals surface area contributed by atoms with Gasteiger partial charge in [-0.3, -0.25) is 4.79 Å². The van der Waals surface area contributed by atoms with Gasteiger partial charge in [-0.2, -0.15) is 0 Å². The number of carbonyl (C=O) groups excluding carboxylic acids is 1. The van der Waals surface area contributed by atoms with Crippen LogP contribution in [0.4, 0.5) is 5.69 Å². The Morgan fingerprint density at radius 2 is 1.92 bits per heavy atom. The Labute approximate surface area is 167 Å². The summed E-state index contributed by atoms with van der Waals surface area (Å²) in [5.74, 6) is 1.04. The molecule has 2 aromatic rings. The minimum atomic E-state index is 0.